The molecule has 0 saturated heterocycles. The molecule has 3 rings (SSSR count). The lowest BCUT2D eigenvalue weighted by molar-refractivity contribution is 0.0772. The molecule has 2 heterocycles. The van der Waals surface area contributed by atoms with Crippen LogP contribution in [0.5, 0.6) is 11.5 Å². The molecule has 0 N–H and O–H groups in total. The summed E-state index contributed by atoms with van der Waals surface area (Å²) in [5.41, 5.74) is 1.38. The summed E-state index contributed by atoms with van der Waals surface area (Å²) in [6, 6.07) is 8.94. The van der Waals surface area contributed by atoms with E-state index in [-0.39, 0.29) is 5.91 Å². The second-order valence-electron chi connectivity index (χ2n) is 5.75. The minimum atomic E-state index is -0.0209. The molecule has 0 radical (unpaired) electrons. The first kappa shape index (κ1) is 19.0. The maximum Gasteiger partial charge on any atom is 0.253 e. The Balaban J connectivity index is 1.71. The molecule has 3 aromatic rings. The molecule has 142 valence electrons. The van der Waals surface area contributed by atoms with Crippen molar-refractivity contribution in [2.45, 2.75) is 20.5 Å². The minimum Gasteiger partial charge on any atom is -0.493 e. The summed E-state index contributed by atoms with van der Waals surface area (Å²) < 4.78 is 16.6. The van der Waals surface area contributed by atoms with Crippen molar-refractivity contribution >= 4 is 17.2 Å². The van der Waals surface area contributed by atoms with Gasteiger partial charge in [-0.05, 0) is 44.2 Å². The maximum absolute atomic E-state index is 12.5. The fourth-order valence-corrected chi connectivity index (χ4v) is 3.42. The van der Waals surface area contributed by atoms with Gasteiger partial charge in [-0.2, -0.15) is 0 Å². The van der Waals surface area contributed by atoms with E-state index in [1.54, 1.807) is 36.5 Å². The zero-order valence-corrected chi connectivity index (χ0v) is 16.4. The van der Waals surface area contributed by atoms with E-state index in [2.05, 4.69) is 4.98 Å². The number of furan rings is 1. The standard InChI is InChI=1S/C20H22N2O4S/c1-4-22(5-2)20(23)14-8-9-16(18(11-14)24-3)26-12-15-13-27-19(21-15)17-7-6-10-25-17/h6-11,13H,4-5,12H2,1-3H3. The van der Waals surface area contributed by atoms with Crippen LogP contribution >= 0.6 is 11.3 Å². The lowest BCUT2D eigenvalue weighted by atomic mass is 10.1. The average molecular weight is 386 g/mol. The Hall–Kier alpha value is -2.80. The fraction of sp³-hybridized carbons (Fsp3) is 0.300. The number of hydrogen-bond acceptors (Lipinski definition) is 6. The van der Waals surface area contributed by atoms with Gasteiger partial charge >= 0.3 is 0 Å². The molecular weight excluding hydrogens is 364 g/mol. The van der Waals surface area contributed by atoms with E-state index < -0.39 is 0 Å². The van der Waals surface area contributed by atoms with E-state index >= 15 is 0 Å². The van der Waals surface area contributed by atoms with Crippen molar-refractivity contribution in [3.8, 4) is 22.3 Å². The Labute approximate surface area is 162 Å². The summed E-state index contributed by atoms with van der Waals surface area (Å²) in [4.78, 5) is 18.8. The normalized spacial score (nSPS) is 10.6. The predicted molar refractivity (Wildman–Crippen MR) is 104 cm³/mol. The Morgan fingerprint density at radius 3 is 2.70 bits per heavy atom. The second kappa shape index (κ2) is 8.73. The van der Waals surface area contributed by atoms with E-state index in [9.17, 15) is 4.79 Å². The van der Waals surface area contributed by atoms with Crippen molar-refractivity contribution in [1.82, 2.24) is 9.88 Å². The van der Waals surface area contributed by atoms with E-state index in [0.717, 1.165) is 16.5 Å². The number of amides is 1. The van der Waals surface area contributed by atoms with Crippen LogP contribution in [0.4, 0.5) is 0 Å². The van der Waals surface area contributed by atoms with Gasteiger partial charge in [-0.25, -0.2) is 4.98 Å². The number of benzene rings is 1. The first-order valence-corrected chi connectivity index (χ1v) is 9.62. The molecule has 1 amide bonds. The van der Waals surface area contributed by atoms with Gasteiger partial charge in [0.15, 0.2) is 22.3 Å². The molecule has 0 aliphatic rings. The summed E-state index contributed by atoms with van der Waals surface area (Å²) in [5, 5.41) is 2.74. The van der Waals surface area contributed by atoms with Gasteiger partial charge in [0.05, 0.1) is 19.1 Å². The number of methoxy groups -OCH3 is 1. The molecule has 0 spiro atoms. The highest BCUT2D eigenvalue weighted by Gasteiger charge is 2.16. The summed E-state index contributed by atoms with van der Waals surface area (Å²) in [5.74, 6) is 1.81. The van der Waals surface area contributed by atoms with Crippen LogP contribution in [0.15, 0.2) is 46.4 Å². The fourth-order valence-electron chi connectivity index (χ4n) is 2.65. The topological polar surface area (TPSA) is 64.8 Å². The monoisotopic (exact) mass is 386 g/mol. The highest BCUT2D eigenvalue weighted by atomic mass is 32.1. The van der Waals surface area contributed by atoms with E-state index in [1.165, 1.54) is 11.3 Å². The van der Waals surface area contributed by atoms with Crippen LogP contribution in [0.25, 0.3) is 10.8 Å². The van der Waals surface area contributed by atoms with Gasteiger partial charge < -0.3 is 18.8 Å². The number of nitrogens with zero attached hydrogens (tertiary/aromatic N) is 2. The average Bonchev–Trinajstić information content (AvgIpc) is 3.38. The highest BCUT2D eigenvalue weighted by Crippen LogP contribution is 2.30. The third-order valence-corrected chi connectivity index (χ3v) is 5.03. The number of thiazole rings is 1. The molecule has 27 heavy (non-hydrogen) atoms. The summed E-state index contributed by atoms with van der Waals surface area (Å²) in [6.45, 7) is 5.55. The number of aromatic nitrogens is 1. The van der Waals surface area contributed by atoms with E-state index in [0.29, 0.717) is 36.8 Å². The molecule has 0 atom stereocenters. The molecule has 0 saturated carbocycles. The summed E-state index contributed by atoms with van der Waals surface area (Å²) >= 11 is 1.50. The van der Waals surface area contributed by atoms with Crippen molar-refractivity contribution in [1.29, 1.82) is 0 Å². The van der Waals surface area contributed by atoms with Gasteiger partial charge in [0.1, 0.15) is 6.61 Å². The number of hydrogen-bond donors (Lipinski definition) is 0. The molecule has 6 nitrogen and oxygen atoms in total. The molecule has 0 aliphatic carbocycles. The predicted octanol–water partition coefficient (Wildman–Crippen LogP) is 4.47. The molecule has 7 heteroatoms. The second-order valence-corrected chi connectivity index (χ2v) is 6.61. The number of carbonyl (C=O) groups is 1. The van der Waals surface area contributed by atoms with Crippen LogP contribution in [0.2, 0.25) is 0 Å². The molecule has 2 aromatic heterocycles. The number of carbonyl (C=O) groups excluding carboxylic acids is 1. The molecule has 0 bridgehead atoms. The van der Waals surface area contributed by atoms with Gasteiger partial charge in [-0.3, -0.25) is 4.79 Å². The van der Waals surface area contributed by atoms with Gasteiger partial charge in [-0.1, -0.05) is 0 Å². The van der Waals surface area contributed by atoms with Crippen LogP contribution in [-0.2, 0) is 6.61 Å². The molecule has 0 unspecified atom stereocenters. The van der Waals surface area contributed by atoms with E-state index in [1.807, 2.05) is 31.4 Å². The zero-order valence-electron chi connectivity index (χ0n) is 15.6. The zero-order chi connectivity index (χ0) is 19.2. The Morgan fingerprint density at radius 1 is 1.22 bits per heavy atom. The third-order valence-electron chi connectivity index (χ3n) is 4.12. The van der Waals surface area contributed by atoms with Crippen molar-refractivity contribution in [3.63, 3.8) is 0 Å². The van der Waals surface area contributed by atoms with Crippen LogP contribution in [0, 0.1) is 0 Å². The smallest absolute Gasteiger partial charge is 0.253 e. The van der Waals surface area contributed by atoms with Crippen LogP contribution < -0.4 is 9.47 Å². The van der Waals surface area contributed by atoms with Crippen LogP contribution in [-0.4, -0.2) is 36.0 Å². The quantitative estimate of drug-likeness (QED) is 0.571. The van der Waals surface area contributed by atoms with Gasteiger partial charge in [-0.15, -0.1) is 11.3 Å². The van der Waals surface area contributed by atoms with E-state index in [4.69, 9.17) is 13.9 Å². The van der Waals surface area contributed by atoms with Crippen molar-refractivity contribution < 1.29 is 18.7 Å². The summed E-state index contributed by atoms with van der Waals surface area (Å²) in [6.07, 6.45) is 1.62. The molecule has 1 aromatic carbocycles. The Morgan fingerprint density at radius 2 is 2.04 bits per heavy atom. The molecular formula is C20H22N2O4S. The lowest BCUT2D eigenvalue weighted by Crippen LogP contribution is -2.30. The van der Waals surface area contributed by atoms with Gasteiger partial charge in [0, 0.05) is 24.0 Å². The molecule has 0 aliphatic heterocycles. The van der Waals surface area contributed by atoms with Gasteiger partial charge in [0.25, 0.3) is 5.91 Å². The SMILES string of the molecule is CCN(CC)C(=O)c1ccc(OCc2csc(-c3ccco3)n2)c(OC)c1. The first-order valence-electron chi connectivity index (χ1n) is 8.74. The Kier molecular flexibility index (Phi) is 6.13. The van der Waals surface area contributed by atoms with Gasteiger partial charge in [0.2, 0.25) is 0 Å². The van der Waals surface area contributed by atoms with Crippen molar-refractivity contribution in [3.05, 3.63) is 53.2 Å². The third kappa shape index (κ3) is 4.31. The van der Waals surface area contributed by atoms with Crippen molar-refractivity contribution in [2.75, 3.05) is 20.2 Å². The number of ether oxygens (including phenoxy) is 2. The van der Waals surface area contributed by atoms with Crippen LogP contribution in [0.3, 0.4) is 0 Å². The lowest BCUT2D eigenvalue weighted by Gasteiger charge is -2.19. The largest absolute Gasteiger partial charge is 0.493 e. The molecule has 0 fully saturated rings. The first-order chi connectivity index (χ1) is 13.2. The number of rotatable bonds is 8. The van der Waals surface area contributed by atoms with Crippen molar-refractivity contribution in [2.24, 2.45) is 0 Å². The highest BCUT2D eigenvalue weighted by molar-refractivity contribution is 7.13. The Bertz CT molecular complexity index is 885. The summed E-state index contributed by atoms with van der Waals surface area (Å²) in [7, 11) is 1.56. The van der Waals surface area contributed by atoms with Crippen LogP contribution in [0.1, 0.15) is 29.9 Å². The maximum atomic E-state index is 12.5. The minimum absolute atomic E-state index is 0.0209.